The van der Waals surface area contributed by atoms with Crippen molar-refractivity contribution in [2.45, 2.75) is 50.7 Å². The molecule has 1 saturated carbocycles. The second-order valence-electron chi connectivity index (χ2n) is 8.77. The van der Waals surface area contributed by atoms with Crippen molar-refractivity contribution in [3.63, 3.8) is 0 Å². The van der Waals surface area contributed by atoms with Gasteiger partial charge in [0.2, 0.25) is 5.91 Å². The molecular formula is C25H28N6O4S. The number of nitrogens with one attached hydrogen (secondary N) is 1. The molecule has 1 aliphatic carbocycles. The van der Waals surface area contributed by atoms with Crippen molar-refractivity contribution in [3.05, 3.63) is 70.5 Å². The first-order valence-electron chi connectivity index (χ1n) is 11.7. The van der Waals surface area contributed by atoms with E-state index in [1.54, 1.807) is 36.7 Å². The highest BCUT2D eigenvalue weighted by molar-refractivity contribution is 7.09. The summed E-state index contributed by atoms with van der Waals surface area (Å²) in [5, 5.41) is 12.9. The molecule has 11 heteroatoms. The molecule has 1 atom stereocenters. The van der Waals surface area contributed by atoms with E-state index in [0.29, 0.717) is 11.1 Å². The minimum Gasteiger partial charge on any atom is -0.508 e. The van der Waals surface area contributed by atoms with Crippen molar-refractivity contribution in [2.75, 3.05) is 5.73 Å². The average molecular weight is 509 g/mol. The highest BCUT2D eigenvalue weighted by Crippen LogP contribution is 2.31. The maximum Gasteiger partial charge on any atom is 0.270 e. The molecule has 0 aliphatic heterocycles. The molecule has 36 heavy (non-hydrogen) atoms. The molecule has 0 bridgehead atoms. The van der Waals surface area contributed by atoms with Crippen molar-refractivity contribution in [1.29, 1.82) is 0 Å². The van der Waals surface area contributed by atoms with Gasteiger partial charge in [-0.2, -0.15) is 4.37 Å². The van der Waals surface area contributed by atoms with Crippen molar-refractivity contribution in [1.82, 2.24) is 19.6 Å². The number of hydrogen-bond donors (Lipinski definition) is 4. The summed E-state index contributed by atoms with van der Waals surface area (Å²) >= 11 is 0.760. The van der Waals surface area contributed by atoms with Crippen molar-refractivity contribution < 1.29 is 19.5 Å². The molecule has 0 saturated heterocycles. The van der Waals surface area contributed by atoms with Crippen LogP contribution in [0.4, 0.5) is 5.69 Å². The van der Waals surface area contributed by atoms with Gasteiger partial charge in [-0.25, -0.2) is 0 Å². The molecule has 1 aliphatic rings. The normalized spacial score (nSPS) is 14.7. The number of nitrogen functional groups attached to an aromatic ring is 1. The summed E-state index contributed by atoms with van der Waals surface area (Å²) < 4.78 is 3.96. The van der Waals surface area contributed by atoms with Crippen LogP contribution < -0.4 is 16.8 Å². The number of anilines is 1. The topological polar surface area (TPSA) is 165 Å². The van der Waals surface area contributed by atoms with E-state index < -0.39 is 17.9 Å². The number of amides is 3. The smallest absolute Gasteiger partial charge is 0.270 e. The molecule has 3 aromatic rings. The van der Waals surface area contributed by atoms with Gasteiger partial charge in [-0.3, -0.25) is 19.4 Å². The number of pyridine rings is 1. The van der Waals surface area contributed by atoms with Crippen LogP contribution >= 0.6 is 11.5 Å². The number of carbonyl (C=O) groups excluding carboxylic acids is 3. The Morgan fingerprint density at radius 3 is 2.47 bits per heavy atom. The molecule has 6 N–H and O–H groups in total. The molecule has 1 fully saturated rings. The Kier molecular flexibility index (Phi) is 7.79. The Labute approximate surface area is 212 Å². The summed E-state index contributed by atoms with van der Waals surface area (Å²) in [6.45, 7) is 0.0412. The number of hydrogen-bond acceptors (Lipinski definition) is 8. The summed E-state index contributed by atoms with van der Waals surface area (Å²) in [5.74, 6) is -1.72. The number of aromatic hydroxyl groups is 1. The molecule has 1 aromatic carbocycles. The molecule has 0 radical (unpaired) electrons. The fraction of sp³-hybridized carbons (Fsp3) is 0.320. The van der Waals surface area contributed by atoms with Crippen LogP contribution in [0.15, 0.2) is 48.8 Å². The van der Waals surface area contributed by atoms with Gasteiger partial charge in [0.05, 0.1) is 5.69 Å². The number of primary amides is 1. The van der Waals surface area contributed by atoms with Crippen LogP contribution in [0.5, 0.6) is 5.75 Å². The molecule has 188 valence electrons. The number of nitrogens with two attached hydrogens (primary N) is 2. The lowest BCUT2D eigenvalue weighted by Crippen LogP contribution is -2.46. The van der Waals surface area contributed by atoms with Gasteiger partial charge in [-0.15, -0.1) is 0 Å². The molecule has 4 rings (SSSR count). The third-order valence-electron chi connectivity index (χ3n) is 6.21. The standard InChI is InChI=1S/C25H28N6O4S/c26-19-20(23(27)33)30-36-22(19)25(35)31(14-15-5-4-12-28-13-15)21(16-8-10-18(32)11-9-16)24(34)29-17-6-2-1-3-7-17/h4-5,8-13,17,21,32H,1-3,6-7,14,26H2,(H2,27,33)(H,29,34). The van der Waals surface area contributed by atoms with Gasteiger partial charge in [0.25, 0.3) is 11.8 Å². The lowest BCUT2D eigenvalue weighted by molar-refractivity contribution is -0.127. The van der Waals surface area contributed by atoms with Gasteiger partial charge in [0, 0.05) is 25.0 Å². The van der Waals surface area contributed by atoms with Gasteiger partial charge in [0.15, 0.2) is 5.69 Å². The summed E-state index contributed by atoms with van der Waals surface area (Å²) in [7, 11) is 0. The first-order valence-corrected chi connectivity index (χ1v) is 12.5. The van der Waals surface area contributed by atoms with E-state index in [9.17, 15) is 19.5 Å². The van der Waals surface area contributed by atoms with Gasteiger partial charge >= 0.3 is 0 Å². The van der Waals surface area contributed by atoms with Crippen LogP contribution in [-0.4, -0.2) is 43.1 Å². The SMILES string of the molecule is NC(=O)c1nsc(C(=O)N(Cc2cccnc2)C(C(=O)NC2CCCCC2)c2ccc(O)cc2)c1N. The van der Waals surface area contributed by atoms with Crippen molar-refractivity contribution in [3.8, 4) is 5.75 Å². The second-order valence-corrected chi connectivity index (χ2v) is 9.54. The Balaban J connectivity index is 1.77. The second kappa shape index (κ2) is 11.2. The third kappa shape index (κ3) is 5.62. The van der Waals surface area contributed by atoms with Gasteiger partial charge in [0.1, 0.15) is 16.7 Å². The van der Waals surface area contributed by atoms with Gasteiger partial charge < -0.3 is 26.8 Å². The van der Waals surface area contributed by atoms with E-state index in [4.69, 9.17) is 11.5 Å². The number of nitrogens with zero attached hydrogens (tertiary/aromatic N) is 3. The number of phenols is 1. The molecule has 0 spiro atoms. The van der Waals surface area contributed by atoms with E-state index in [0.717, 1.165) is 43.6 Å². The number of aromatic nitrogens is 2. The minimum atomic E-state index is -1.04. The molecule has 2 aromatic heterocycles. The van der Waals surface area contributed by atoms with Crippen LogP contribution in [0, 0.1) is 0 Å². The van der Waals surface area contributed by atoms with Crippen molar-refractivity contribution in [2.24, 2.45) is 5.73 Å². The minimum absolute atomic E-state index is 0.0103. The van der Waals surface area contributed by atoms with Gasteiger partial charge in [-0.05, 0) is 53.7 Å². The Morgan fingerprint density at radius 1 is 1.14 bits per heavy atom. The zero-order valence-corrected chi connectivity index (χ0v) is 20.4. The molecule has 10 nitrogen and oxygen atoms in total. The summed E-state index contributed by atoms with van der Waals surface area (Å²) in [5.41, 5.74) is 12.3. The fourth-order valence-electron chi connectivity index (χ4n) is 4.38. The Morgan fingerprint density at radius 2 is 1.86 bits per heavy atom. The summed E-state index contributed by atoms with van der Waals surface area (Å²) in [4.78, 5) is 44.9. The number of benzene rings is 1. The monoisotopic (exact) mass is 508 g/mol. The number of phenolic OH excluding ortho intramolecular Hbond substituents is 1. The largest absolute Gasteiger partial charge is 0.508 e. The predicted molar refractivity (Wildman–Crippen MR) is 135 cm³/mol. The number of rotatable bonds is 8. The van der Waals surface area contributed by atoms with E-state index in [1.165, 1.54) is 17.0 Å². The molecular weight excluding hydrogens is 480 g/mol. The maximum absolute atomic E-state index is 13.9. The highest BCUT2D eigenvalue weighted by atomic mass is 32.1. The molecule has 2 heterocycles. The Hall–Kier alpha value is -3.99. The zero-order valence-electron chi connectivity index (χ0n) is 19.6. The predicted octanol–water partition coefficient (Wildman–Crippen LogP) is 2.76. The van der Waals surface area contributed by atoms with E-state index in [-0.39, 0.29) is 40.5 Å². The average Bonchev–Trinajstić information content (AvgIpc) is 3.27. The summed E-state index contributed by atoms with van der Waals surface area (Å²) in [6, 6.07) is 8.65. The molecule has 3 amide bonds. The quantitative estimate of drug-likeness (QED) is 0.363. The summed E-state index contributed by atoms with van der Waals surface area (Å²) in [6.07, 6.45) is 8.15. The third-order valence-corrected chi connectivity index (χ3v) is 7.06. The van der Waals surface area contributed by atoms with Crippen LogP contribution in [0.1, 0.15) is 69.4 Å². The van der Waals surface area contributed by atoms with E-state index in [1.807, 2.05) is 0 Å². The van der Waals surface area contributed by atoms with Crippen molar-refractivity contribution >= 4 is 34.9 Å². The van der Waals surface area contributed by atoms with Crippen LogP contribution in [-0.2, 0) is 11.3 Å². The first-order chi connectivity index (χ1) is 17.3. The van der Waals surface area contributed by atoms with E-state index in [2.05, 4.69) is 14.7 Å². The number of carbonyl (C=O) groups is 3. The van der Waals surface area contributed by atoms with Crippen LogP contribution in [0.25, 0.3) is 0 Å². The van der Waals surface area contributed by atoms with Crippen LogP contribution in [0.3, 0.4) is 0 Å². The Bertz CT molecular complexity index is 1230. The molecule has 1 unspecified atom stereocenters. The maximum atomic E-state index is 13.9. The van der Waals surface area contributed by atoms with Crippen LogP contribution in [0.2, 0.25) is 0 Å². The lowest BCUT2D eigenvalue weighted by Gasteiger charge is -2.33. The zero-order chi connectivity index (χ0) is 25.7. The van der Waals surface area contributed by atoms with E-state index >= 15 is 0 Å². The van der Waals surface area contributed by atoms with Gasteiger partial charge in [-0.1, -0.05) is 37.5 Å². The fourth-order valence-corrected chi connectivity index (χ4v) is 5.15. The first kappa shape index (κ1) is 25.1. The highest BCUT2D eigenvalue weighted by Gasteiger charge is 2.36. The lowest BCUT2D eigenvalue weighted by atomic mass is 9.94.